The van der Waals surface area contributed by atoms with Crippen LogP contribution in [-0.2, 0) is 14.2 Å². The van der Waals surface area contributed by atoms with Gasteiger partial charge in [0.25, 0.3) is 0 Å². The van der Waals surface area contributed by atoms with Gasteiger partial charge in [0.1, 0.15) is 12.2 Å². The standard InChI is InChI=1S/C23H25N5O4/c24-11-14-4-3-7-16(10-14)26-23(29)32-19-13-31-20-18(12-30-21(19)20)28-22-25-9-8-17(27-22)15-5-1-2-6-15/h3-4,7-10,15,18-21H,1-2,5-6,12-13H2,(H,26,29)(H,25,27,28)/t18-,19-,20-,21+/m0/s1. The molecule has 2 N–H and O–H groups in total. The number of nitriles is 1. The molecule has 2 saturated heterocycles. The molecule has 166 valence electrons. The van der Waals surface area contributed by atoms with Crippen molar-refractivity contribution in [3.05, 3.63) is 47.8 Å². The summed E-state index contributed by atoms with van der Waals surface area (Å²) in [6.45, 7) is 0.667. The van der Waals surface area contributed by atoms with Gasteiger partial charge in [-0.2, -0.15) is 5.26 Å². The average Bonchev–Trinajstić information content (AvgIpc) is 3.55. The van der Waals surface area contributed by atoms with Crippen LogP contribution >= 0.6 is 0 Å². The van der Waals surface area contributed by atoms with Crippen molar-refractivity contribution in [2.45, 2.75) is 56.0 Å². The molecule has 5 rings (SSSR count). The minimum Gasteiger partial charge on any atom is -0.441 e. The van der Waals surface area contributed by atoms with E-state index in [-0.39, 0.29) is 24.9 Å². The van der Waals surface area contributed by atoms with Gasteiger partial charge >= 0.3 is 6.09 Å². The number of amides is 1. The summed E-state index contributed by atoms with van der Waals surface area (Å²) in [5, 5.41) is 15.0. The van der Waals surface area contributed by atoms with E-state index in [4.69, 9.17) is 24.5 Å². The Bertz CT molecular complexity index is 1020. The molecule has 0 unspecified atom stereocenters. The predicted molar refractivity (Wildman–Crippen MR) is 115 cm³/mol. The third kappa shape index (κ3) is 4.38. The summed E-state index contributed by atoms with van der Waals surface area (Å²) in [5.74, 6) is 1.09. The molecule has 1 amide bonds. The van der Waals surface area contributed by atoms with Gasteiger partial charge in [-0.1, -0.05) is 18.9 Å². The minimum atomic E-state index is -0.609. The number of carbonyl (C=O) groups is 1. The number of aromatic nitrogens is 2. The van der Waals surface area contributed by atoms with Crippen LogP contribution in [0.3, 0.4) is 0 Å². The number of hydrogen-bond donors (Lipinski definition) is 2. The summed E-state index contributed by atoms with van der Waals surface area (Å²) in [4.78, 5) is 21.4. The minimum absolute atomic E-state index is 0.122. The summed E-state index contributed by atoms with van der Waals surface area (Å²) in [7, 11) is 0. The molecule has 0 bridgehead atoms. The number of fused-ring (bicyclic) bond motifs is 1. The van der Waals surface area contributed by atoms with E-state index >= 15 is 0 Å². The molecule has 32 heavy (non-hydrogen) atoms. The molecule has 2 aliphatic heterocycles. The van der Waals surface area contributed by atoms with Crippen LogP contribution in [0.2, 0.25) is 0 Å². The number of ether oxygens (including phenoxy) is 3. The van der Waals surface area contributed by atoms with Gasteiger partial charge in [0.05, 0.1) is 30.9 Å². The summed E-state index contributed by atoms with van der Waals surface area (Å²) < 4.78 is 17.3. The predicted octanol–water partition coefficient (Wildman–Crippen LogP) is 3.20. The SMILES string of the molecule is N#Cc1cccc(NC(=O)O[C@H]2CO[C@@H]3[C@@H]2OC[C@@H]3Nc2nccc(C3CCCC3)n2)c1. The van der Waals surface area contributed by atoms with Gasteiger partial charge in [-0.3, -0.25) is 5.32 Å². The number of anilines is 2. The maximum atomic E-state index is 12.3. The molecule has 1 aliphatic carbocycles. The maximum Gasteiger partial charge on any atom is 0.412 e. The van der Waals surface area contributed by atoms with Crippen molar-refractivity contribution in [2.75, 3.05) is 23.8 Å². The lowest BCUT2D eigenvalue weighted by Crippen LogP contribution is -2.38. The molecule has 2 aromatic rings. The Morgan fingerprint density at radius 2 is 2.00 bits per heavy atom. The number of nitrogens with zero attached hydrogens (tertiary/aromatic N) is 3. The summed E-state index contributed by atoms with van der Waals surface area (Å²) >= 11 is 0. The zero-order valence-corrected chi connectivity index (χ0v) is 17.6. The first-order chi connectivity index (χ1) is 15.7. The van der Waals surface area contributed by atoms with Gasteiger partial charge in [-0.15, -0.1) is 0 Å². The highest BCUT2D eigenvalue weighted by Gasteiger charge is 2.49. The van der Waals surface area contributed by atoms with E-state index in [1.807, 2.05) is 12.1 Å². The molecule has 0 spiro atoms. The van der Waals surface area contributed by atoms with Gasteiger partial charge in [0.2, 0.25) is 5.95 Å². The molecule has 1 aromatic carbocycles. The third-order valence-corrected chi connectivity index (χ3v) is 6.27. The summed E-state index contributed by atoms with van der Waals surface area (Å²) in [5.41, 5.74) is 2.04. The Morgan fingerprint density at radius 3 is 2.84 bits per heavy atom. The number of rotatable bonds is 5. The van der Waals surface area contributed by atoms with E-state index in [1.54, 1.807) is 30.5 Å². The van der Waals surface area contributed by atoms with Crippen molar-refractivity contribution in [3.8, 4) is 6.07 Å². The van der Waals surface area contributed by atoms with E-state index in [0.29, 0.717) is 29.7 Å². The Balaban J connectivity index is 1.17. The van der Waals surface area contributed by atoms with Crippen LogP contribution in [0.25, 0.3) is 0 Å². The normalized spacial score (nSPS) is 27.0. The van der Waals surface area contributed by atoms with Gasteiger partial charge in [-0.25, -0.2) is 14.8 Å². The topological polar surface area (TPSA) is 118 Å². The quantitative estimate of drug-likeness (QED) is 0.735. The molecule has 3 heterocycles. The maximum absolute atomic E-state index is 12.3. The van der Waals surface area contributed by atoms with E-state index in [0.717, 1.165) is 5.69 Å². The molecule has 3 fully saturated rings. The van der Waals surface area contributed by atoms with E-state index < -0.39 is 12.2 Å². The molecule has 9 heteroatoms. The van der Waals surface area contributed by atoms with Gasteiger partial charge in [0.15, 0.2) is 6.10 Å². The first-order valence-electron chi connectivity index (χ1n) is 11.0. The molecule has 3 aliphatic rings. The fourth-order valence-electron chi connectivity index (χ4n) is 4.70. The molecule has 0 radical (unpaired) electrons. The Morgan fingerprint density at radius 1 is 1.16 bits per heavy atom. The first-order valence-corrected chi connectivity index (χ1v) is 11.0. The van der Waals surface area contributed by atoms with Crippen LogP contribution < -0.4 is 10.6 Å². The zero-order chi connectivity index (χ0) is 21.9. The van der Waals surface area contributed by atoms with Crippen LogP contribution in [-0.4, -0.2) is 53.6 Å². The lowest BCUT2D eigenvalue weighted by molar-refractivity contribution is 0.00917. The van der Waals surface area contributed by atoms with Crippen LogP contribution in [0.5, 0.6) is 0 Å². The zero-order valence-electron chi connectivity index (χ0n) is 17.6. The number of nitrogens with one attached hydrogen (secondary N) is 2. The van der Waals surface area contributed by atoms with Crippen molar-refractivity contribution in [1.82, 2.24) is 9.97 Å². The molecule has 1 saturated carbocycles. The highest BCUT2D eigenvalue weighted by molar-refractivity contribution is 5.85. The molecule has 9 nitrogen and oxygen atoms in total. The fraction of sp³-hybridized carbons (Fsp3) is 0.478. The van der Waals surface area contributed by atoms with Crippen LogP contribution in [0.4, 0.5) is 16.4 Å². The van der Waals surface area contributed by atoms with Gasteiger partial charge < -0.3 is 19.5 Å². The molecular weight excluding hydrogens is 410 g/mol. The molecular formula is C23H25N5O4. The summed E-state index contributed by atoms with van der Waals surface area (Å²) in [6, 6.07) is 10.6. The third-order valence-electron chi connectivity index (χ3n) is 6.27. The van der Waals surface area contributed by atoms with E-state index in [1.165, 1.54) is 25.7 Å². The van der Waals surface area contributed by atoms with Crippen molar-refractivity contribution < 1.29 is 19.0 Å². The highest BCUT2D eigenvalue weighted by atomic mass is 16.6. The number of benzene rings is 1. The van der Waals surface area contributed by atoms with Crippen molar-refractivity contribution in [1.29, 1.82) is 5.26 Å². The Kier molecular flexibility index (Phi) is 5.88. The smallest absolute Gasteiger partial charge is 0.412 e. The number of hydrogen-bond acceptors (Lipinski definition) is 8. The van der Waals surface area contributed by atoms with Crippen LogP contribution in [0, 0.1) is 11.3 Å². The molecule has 4 atom stereocenters. The van der Waals surface area contributed by atoms with Crippen molar-refractivity contribution in [3.63, 3.8) is 0 Å². The van der Waals surface area contributed by atoms with Gasteiger partial charge in [-0.05, 0) is 37.1 Å². The lowest BCUT2D eigenvalue weighted by atomic mass is 10.0. The fourth-order valence-corrected chi connectivity index (χ4v) is 4.70. The highest BCUT2D eigenvalue weighted by Crippen LogP contribution is 2.34. The van der Waals surface area contributed by atoms with E-state index in [2.05, 4.69) is 15.6 Å². The number of carbonyl (C=O) groups excluding carboxylic acids is 1. The second-order valence-corrected chi connectivity index (χ2v) is 8.39. The second-order valence-electron chi connectivity index (χ2n) is 8.39. The Labute approximate surface area is 186 Å². The Hall–Kier alpha value is -3.22. The van der Waals surface area contributed by atoms with Crippen molar-refractivity contribution >= 4 is 17.7 Å². The average molecular weight is 435 g/mol. The van der Waals surface area contributed by atoms with Crippen LogP contribution in [0.15, 0.2) is 36.5 Å². The van der Waals surface area contributed by atoms with E-state index in [9.17, 15) is 4.79 Å². The first kappa shape index (κ1) is 20.7. The second kappa shape index (κ2) is 9.10. The monoisotopic (exact) mass is 435 g/mol. The lowest BCUT2D eigenvalue weighted by Gasteiger charge is -2.18. The largest absolute Gasteiger partial charge is 0.441 e. The van der Waals surface area contributed by atoms with Crippen molar-refractivity contribution in [2.24, 2.45) is 0 Å². The summed E-state index contributed by atoms with van der Waals surface area (Å²) in [6.07, 6.45) is 4.92. The van der Waals surface area contributed by atoms with Crippen LogP contribution in [0.1, 0.15) is 42.9 Å². The molecule has 1 aromatic heterocycles. The van der Waals surface area contributed by atoms with Gasteiger partial charge in [0, 0.05) is 23.5 Å².